The molecular weight excluding hydrogens is 250 g/mol. The van der Waals surface area contributed by atoms with Crippen molar-refractivity contribution in [3.05, 3.63) is 0 Å². The Morgan fingerprint density at radius 2 is 1.95 bits per heavy atom. The molecule has 0 bridgehead atoms. The average molecular weight is 271 g/mol. The first kappa shape index (κ1) is 15.3. The Kier molecular flexibility index (Phi) is 5.59. The molecule has 0 unspecified atom stereocenters. The van der Waals surface area contributed by atoms with Crippen molar-refractivity contribution in [2.45, 2.75) is 32.2 Å². The summed E-state index contributed by atoms with van der Waals surface area (Å²) in [7, 11) is 1.54. The summed E-state index contributed by atoms with van der Waals surface area (Å²) in [4.78, 5) is 36.8. The van der Waals surface area contributed by atoms with E-state index < -0.39 is 5.97 Å². The van der Waals surface area contributed by atoms with Crippen LogP contribution < -0.4 is 5.32 Å². The van der Waals surface area contributed by atoms with Gasteiger partial charge in [-0.15, -0.1) is 0 Å². The molecule has 1 aliphatic carbocycles. The predicted molar refractivity (Wildman–Crippen MR) is 68.7 cm³/mol. The number of carboxylic acids is 1. The summed E-state index contributed by atoms with van der Waals surface area (Å²) in [6.07, 6.45) is 1.91. The van der Waals surface area contributed by atoms with Crippen molar-refractivity contribution in [2.75, 3.05) is 26.7 Å². The summed E-state index contributed by atoms with van der Waals surface area (Å²) in [5.74, 6) is -1.12. The maximum absolute atomic E-state index is 12.0. The van der Waals surface area contributed by atoms with Gasteiger partial charge in [0.25, 0.3) is 0 Å². The molecular formula is C12H21N3O4. The van der Waals surface area contributed by atoms with E-state index in [1.54, 1.807) is 6.92 Å². The zero-order valence-corrected chi connectivity index (χ0v) is 11.4. The van der Waals surface area contributed by atoms with Crippen molar-refractivity contribution >= 4 is 17.9 Å². The van der Waals surface area contributed by atoms with Gasteiger partial charge in [0, 0.05) is 26.2 Å². The van der Waals surface area contributed by atoms with Gasteiger partial charge in [0.2, 0.25) is 5.91 Å². The van der Waals surface area contributed by atoms with E-state index in [0.29, 0.717) is 6.54 Å². The summed E-state index contributed by atoms with van der Waals surface area (Å²) in [6.45, 7) is 2.34. The number of carbonyl (C=O) groups excluding carboxylic acids is 2. The van der Waals surface area contributed by atoms with Crippen molar-refractivity contribution < 1.29 is 19.5 Å². The lowest BCUT2D eigenvalue weighted by atomic mass is 10.4. The van der Waals surface area contributed by atoms with Gasteiger partial charge in [0.15, 0.2) is 0 Å². The molecule has 1 fully saturated rings. The number of urea groups is 1. The second kappa shape index (κ2) is 6.96. The van der Waals surface area contributed by atoms with Gasteiger partial charge in [0.1, 0.15) is 6.54 Å². The second-order valence-electron chi connectivity index (χ2n) is 4.70. The van der Waals surface area contributed by atoms with Crippen LogP contribution in [0.15, 0.2) is 0 Å². The number of nitrogens with one attached hydrogen (secondary N) is 1. The number of likely N-dealkylation sites (N-methyl/N-ethyl adjacent to an activating group) is 1. The fraction of sp³-hybridized carbons (Fsp3) is 0.750. The van der Waals surface area contributed by atoms with Gasteiger partial charge in [-0.3, -0.25) is 9.59 Å². The van der Waals surface area contributed by atoms with E-state index in [1.807, 2.05) is 0 Å². The second-order valence-corrected chi connectivity index (χ2v) is 4.70. The maximum atomic E-state index is 12.0. The largest absolute Gasteiger partial charge is 0.481 e. The third kappa shape index (κ3) is 5.58. The molecule has 1 aliphatic rings. The molecule has 0 atom stereocenters. The van der Waals surface area contributed by atoms with Crippen LogP contribution in [0.4, 0.5) is 4.79 Å². The van der Waals surface area contributed by atoms with Gasteiger partial charge in [-0.25, -0.2) is 4.79 Å². The lowest BCUT2D eigenvalue weighted by Gasteiger charge is -2.26. The summed E-state index contributed by atoms with van der Waals surface area (Å²) in [6, 6.07) is -0.0556. The van der Waals surface area contributed by atoms with Crippen LogP contribution in [-0.4, -0.2) is 65.5 Å². The lowest BCUT2D eigenvalue weighted by molar-refractivity contribution is -0.137. The van der Waals surface area contributed by atoms with Crippen molar-refractivity contribution in [1.29, 1.82) is 0 Å². The Morgan fingerprint density at radius 3 is 2.42 bits per heavy atom. The SMILES string of the molecule is CCN(CCC(=O)O)C(=O)N(C)CC(=O)NC1CC1. The maximum Gasteiger partial charge on any atom is 0.320 e. The van der Waals surface area contributed by atoms with Crippen molar-refractivity contribution in [1.82, 2.24) is 15.1 Å². The van der Waals surface area contributed by atoms with Gasteiger partial charge in [-0.2, -0.15) is 0 Å². The number of amides is 3. The van der Waals surface area contributed by atoms with Crippen molar-refractivity contribution in [2.24, 2.45) is 0 Å². The molecule has 2 N–H and O–H groups in total. The molecule has 0 radical (unpaired) electrons. The Balaban J connectivity index is 2.38. The molecule has 7 heteroatoms. The molecule has 7 nitrogen and oxygen atoms in total. The zero-order valence-electron chi connectivity index (χ0n) is 11.4. The van der Waals surface area contributed by atoms with E-state index in [1.165, 1.54) is 16.8 Å². The fourth-order valence-corrected chi connectivity index (χ4v) is 1.65. The smallest absolute Gasteiger partial charge is 0.320 e. The average Bonchev–Trinajstić information content (AvgIpc) is 3.12. The topological polar surface area (TPSA) is 90.0 Å². The van der Waals surface area contributed by atoms with Crippen LogP contribution in [0.25, 0.3) is 0 Å². The Labute approximate surface area is 112 Å². The van der Waals surface area contributed by atoms with Gasteiger partial charge in [-0.1, -0.05) is 0 Å². The minimum absolute atomic E-state index is 0.00109. The minimum Gasteiger partial charge on any atom is -0.481 e. The molecule has 0 aromatic rings. The quantitative estimate of drug-likeness (QED) is 0.688. The number of nitrogens with zero attached hydrogens (tertiary/aromatic N) is 2. The fourth-order valence-electron chi connectivity index (χ4n) is 1.65. The minimum atomic E-state index is -0.944. The standard InChI is InChI=1S/C12H21N3O4/c1-3-15(7-6-11(17)18)12(19)14(2)8-10(16)13-9-4-5-9/h9H,3-8H2,1-2H3,(H,13,16)(H,17,18). The number of hydrogen-bond acceptors (Lipinski definition) is 3. The van der Waals surface area contributed by atoms with E-state index in [-0.39, 0.29) is 37.5 Å². The van der Waals surface area contributed by atoms with Gasteiger partial charge in [0.05, 0.1) is 6.42 Å². The van der Waals surface area contributed by atoms with E-state index >= 15 is 0 Å². The Hall–Kier alpha value is -1.79. The van der Waals surface area contributed by atoms with E-state index in [0.717, 1.165) is 12.8 Å². The van der Waals surface area contributed by atoms with Gasteiger partial charge >= 0.3 is 12.0 Å². The number of carbonyl (C=O) groups is 3. The first-order valence-corrected chi connectivity index (χ1v) is 6.45. The first-order chi connectivity index (χ1) is 8.93. The van der Waals surface area contributed by atoms with Crippen LogP contribution in [0.5, 0.6) is 0 Å². The predicted octanol–water partition coefficient (Wildman–Crippen LogP) is 0.113. The Morgan fingerprint density at radius 1 is 1.32 bits per heavy atom. The van der Waals surface area contributed by atoms with Crippen molar-refractivity contribution in [3.8, 4) is 0 Å². The van der Waals surface area contributed by atoms with E-state index in [4.69, 9.17) is 5.11 Å². The Bertz CT molecular complexity index is 355. The zero-order chi connectivity index (χ0) is 14.4. The summed E-state index contributed by atoms with van der Waals surface area (Å²) < 4.78 is 0. The van der Waals surface area contributed by atoms with Crippen LogP contribution in [-0.2, 0) is 9.59 Å². The normalized spacial score (nSPS) is 13.8. The van der Waals surface area contributed by atoms with Gasteiger partial charge in [-0.05, 0) is 19.8 Å². The van der Waals surface area contributed by atoms with E-state index in [2.05, 4.69) is 5.32 Å². The van der Waals surface area contributed by atoms with E-state index in [9.17, 15) is 14.4 Å². The van der Waals surface area contributed by atoms with Crippen LogP contribution in [0, 0.1) is 0 Å². The van der Waals surface area contributed by atoms with Crippen LogP contribution in [0.2, 0.25) is 0 Å². The lowest BCUT2D eigenvalue weighted by Crippen LogP contribution is -2.46. The number of aliphatic carboxylic acids is 1. The molecule has 0 spiro atoms. The highest BCUT2D eigenvalue weighted by molar-refractivity contribution is 5.84. The molecule has 0 aromatic heterocycles. The molecule has 1 saturated carbocycles. The van der Waals surface area contributed by atoms with Crippen LogP contribution >= 0.6 is 0 Å². The van der Waals surface area contributed by atoms with Gasteiger partial charge < -0.3 is 20.2 Å². The highest BCUT2D eigenvalue weighted by atomic mass is 16.4. The van der Waals surface area contributed by atoms with Crippen molar-refractivity contribution in [3.63, 3.8) is 0 Å². The molecule has 108 valence electrons. The molecule has 0 aromatic carbocycles. The highest BCUT2D eigenvalue weighted by Crippen LogP contribution is 2.18. The number of rotatable bonds is 7. The highest BCUT2D eigenvalue weighted by Gasteiger charge is 2.25. The monoisotopic (exact) mass is 271 g/mol. The summed E-state index contributed by atoms with van der Waals surface area (Å²) in [5.41, 5.74) is 0. The number of carboxylic acid groups (broad SMARTS) is 1. The van der Waals surface area contributed by atoms with Crippen LogP contribution in [0.3, 0.4) is 0 Å². The molecule has 0 saturated heterocycles. The van der Waals surface area contributed by atoms with Crippen LogP contribution in [0.1, 0.15) is 26.2 Å². The summed E-state index contributed by atoms with van der Waals surface area (Å²) in [5, 5.41) is 11.4. The third-order valence-corrected chi connectivity index (χ3v) is 2.90. The molecule has 3 amide bonds. The molecule has 0 aliphatic heterocycles. The summed E-state index contributed by atoms with van der Waals surface area (Å²) >= 11 is 0. The molecule has 19 heavy (non-hydrogen) atoms. The molecule has 1 rings (SSSR count). The number of hydrogen-bond donors (Lipinski definition) is 2. The first-order valence-electron chi connectivity index (χ1n) is 6.45. The molecule has 0 heterocycles. The third-order valence-electron chi connectivity index (χ3n) is 2.90.